The zero-order valence-corrected chi connectivity index (χ0v) is 10.1. The van der Waals surface area contributed by atoms with Gasteiger partial charge in [0, 0.05) is 6.54 Å². The van der Waals surface area contributed by atoms with Gasteiger partial charge in [-0.3, -0.25) is 4.79 Å². The van der Waals surface area contributed by atoms with Crippen molar-refractivity contribution in [2.24, 2.45) is 0 Å². The zero-order valence-electron chi connectivity index (χ0n) is 10.1. The van der Waals surface area contributed by atoms with E-state index >= 15 is 0 Å². The SMILES string of the molecule is CCN(CC#N)C(=O)COc1ccc(C)cc1. The van der Waals surface area contributed by atoms with Gasteiger partial charge in [-0.2, -0.15) is 5.26 Å². The van der Waals surface area contributed by atoms with Crippen LogP contribution in [0.15, 0.2) is 24.3 Å². The number of hydrogen-bond donors (Lipinski definition) is 0. The van der Waals surface area contributed by atoms with Gasteiger partial charge in [-0.15, -0.1) is 0 Å². The lowest BCUT2D eigenvalue weighted by Crippen LogP contribution is -2.35. The lowest BCUT2D eigenvalue weighted by atomic mass is 10.2. The molecule has 0 aromatic heterocycles. The molecule has 0 saturated carbocycles. The second kappa shape index (κ2) is 6.54. The fourth-order valence-corrected chi connectivity index (χ4v) is 1.33. The Hall–Kier alpha value is -2.02. The van der Waals surface area contributed by atoms with Gasteiger partial charge in [-0.05, 0) is 26.0 Å². The first kappa shape index (κ1) is 13.0. The highest BCUT2D eigenvalue weighted by Crippen LogP contribution is 2.11. The van der Waals surface area contributed by atoms with E-state index in [0.29, 0.717) is 12.3 Å². The molecule has 0 N–H and O–H groups in total. The molecular formula is C13H16N2O2. The fourth-order valence-electron chi connectivity index (χ4n) is 1.33. The summed E-state index contributed by atoms with van der Waals surface area (Å²) in [6.07, 6.45) is 0. The molecule has 1 rings (SSSR count). The fraction of sp³-hybridized carbons (Fsp3) is 0.385. The molecule has 0 aliphatic heterocycles. The van der Waals surface area contributed by atoms with Crippen molar-refractivity contribution < 1.29 is 9.53 Å². The summed E-state index contributed by atoms with van der Waals surface area (Å²) in [5.41, 5.74) is 1.14. The van der Waals surface area contributed by atoms with Crippen LogP contribution in [-0.2, 0) is 4.79 Å². The van der Waals surface area contributed by atoms with Crippen LogP contribution in [0.2, 0.25) is 0 Å². The Kier molecular flexibility index (Phi) is 5.02. The van der Waals surface area contributed by atoms with Crippen LogP contribution in [0.1, 0.15) is 12.5 Å². The number of hydrogen-bond acceptors (Lipinski definition) is 3. The molecule has 0 aliphatic carbocycles. The number of carbonyl (C=O) groups excluding carboxylic acids is 1. The van der Waals surface area contributed by atoms with Crippen molar-refractivity contribution in [1.82, 2.24) is 4.90 Å². The lowest BCUT2D eigenvalue weighted by Gasteiger charge is -2.17. The van der Waals surface area contributed by atoms with Gasteiger partial charge >= 0.3 is 0 Å². The van der Waals surface area contributed by atoms with E-state index in [1.165, 1.54) is 4.90 Å². The van der Waals surface area contributed by atoms with Gasteiger partial charge in [0.05, 0.1) is 6.07 Å². The zero-order chi connectivity index (χ0) is 12.7. The third-order valence-corrected chi connectivity index (χ3v) is 2.38. The molecule has 0 radical (unpaired) electrons. The van der Waals surface area contributed by atoms with Crippen LogP contribution in [0.25, 0.3) is 0 Å². The molecule has 0 unspecified atom stereocenters. The number of rotatable bonds is 5. The topological polar surface area (TPSA) is 53.3 Å². The van der Waals surface area contributed by atoms with Gasteiger partial charge in [-0.25, -0.2) is 0 Å². The first-order valence-corrected chi connectivity index (χ1v) is 5.51. The first-order valence-electron chi connectivity index (χ1n) is 5.51. The largest absolute Gasteiger partial charge is 0.484 e. The van der Waals surface area contributed by atoms with Crippen LogP contribution >= 0.6 is 0 Å². The Balaban J connectivity index is 2.47. The van der Waals surface area contributed by atoms with E-state index in [9.17, 15) is 4.79 Å². The third-order valence-electron chi connectivity index (χ3n) is 2.38. The van der Waals surface area contributed by atoms with E-state index in [2.05, 4.69) is 0 Å². The quantitative estimate of drug-likeness (QED) is 0.727. The molecule has 1 aromatic rings. The maximum absolute atomic E-state index is 11.7. The van der Waals surface area contributed by atoms with Crippen molar-refractivity contribution in [3.05, 3.63) is 29.8 Å². The molecule has 0 spiro atoms. The van der Waals surface area contributed by atoms with E-state index < -0.39 is 0 Å². The van der Waals surface area contributed by atoms with Crippen LogP contribution in [0, 0.1) is 18.3 Å². The summed E-state index contributed by atoms with van der Waals surface area (Å²) in [6.45, 7) is 4.41. The molecule has 0 atom stereocenters. The maximum atomic E-state index is 11.7. The second-order valence-electron chi connectivity index (χ2n) is 3.67. The average molecular weight is 232 g/mol. The Morgan fingerprint density at radius 3 is 2.59 bits per heavy atom. The Labute approximate surface area is 101 Å². The summed E-state index contributed by atoms with van der Waals surface area (Å²) in [6, 6.07) is 9.45. The van der Waals surface area contributed by atoms with E-state index in [4.69, 9.17) is 10.00 Å². The third kappa shape index (κ3) is 4.15. The van der Waals surface area contributed by atoms with Crippen molar-refractivity contribution in [3.8, 4) is 11.8 Å². The highest BCUT2D eigenvalue weighted by molar-refractivity contribution is 5.78. The van der Waals surface area contributed by atoms with Crippen LogP contribution < -0.4 is 4.74 Å². The van der Waals surface area contributed by atoms with Gasteiger partial charge < -0.3 is 9.64 Å². The van der Waals surface area contributed by atoms with Crippen molar-refractivity contribution in [2.75, 3.05) is 19.7 Å². The number of ether oxygens (including phenoxy) is 1. The summed E-state index contributed by atoms with van der Waals surface area (Å²) in [5.74, 6) is 0.492. The second-order valence-corrected chi connectivity index (χ2v) is 3.67. The van der Waals surface area contributed by atoms with E-state index in [1.807, 2.05) is 44.2 Å². The Morgan fingerprint density at radius 2 is 2.06 bits per heavy atom. The van der Waals surface area contributed by atoms with Crippen LogP contribution in [0.5, 0.6) is 5.75 Å². The molecule has 90 valence electrons. The van der Waals surface area contributed by atoms with Crippen molar-refractivity contribution in [2.45, 2.75) is 13.8 Å². The Morgan fingerprint density at radius 1 is 1.41 bits per heavy atom. The summed E-state index contributed by atoms with van der Waals surface area (Å²) in [4.78, 5) is 13.1. The van der Waals surface area contributed by atoms with Gasteiger partial charge in [-0.1, -0.05) is 17.7 Å². The minimum Gasteiger partial charge on any atom is -0.484 e. The molecule has 0 fully saturated rings. The van der Waals surface area contributed by atoms with Gasteiger partial charge in [0.25, 0.3) is 5.91 Å². The number of aryl methyl sites for hydroxylation is 1. The van der Waals surface area contributed by atoms with Gasteiger partial charge in [0.1, 0.15) is 12.3 Å². The standard InChI is InChI=1S/C13H16N2O2/c1-3-15(9-8-14)13(16)10-17-12-6-4-11(2)5-7-12/h4-7H,3,9-10H2,1-2H3. The van der Waals surface area contributed by atoms with Crippen molar-refractivity contribution in [1.29, 1.82) is 5.26 Å². The number of nitriles is 1. The summed E-state index contributed by atoms with van der Waals surface area (Å²) in [7, 11) is 0. The predicted molar refractivity (Wildman–Crippen MR) is 64.5 cm³/mol. The number of nitrogens with zero attached hydrogens (tertiary/aromatic N) is 2. The maximum Gasteiger partial charge on any atom is 0.261 e. The highest BCUT2D eigenvalue weighted by atomic mass is 16.5. The van der Waals surface area contributed by atoms with Crippen molar-refractivity contribution in [3.63, 3.8) is 0 Å². The number of likely N-dealkylation sites (N-methyl/N-ethyl adjacent to an activating group) is 1. The molecule has 17 heavy (non-hydrogen) atoms. The number of amides is 1. The van der Waals surface area contributed by atoms with Gasteiger partial charge in [0.2, 0.25) is 0 Å². The van der Waals surface area contributed by atoms with Crippen LogP contribution in [0.4, 0.5) is 0 Å². The van der Waals surface area contributed by atoms with Crippen LogP contribution in [-0.4, -0.2) is 30.5 Å². The lowest BCUT2D eigenvalue weighted by molar-refractivity contribution is -0.132. The monoisotopic (exact) mass is 232 g/mol. The van der Waals surface area contributed by atoms with E-state index in [0.717, 1.165) is 5.56 Å². The predicted octanol–water partition coefficient (Wildman–Crippen LogP) is 1.75. The highest BCUT2D eigenvalue weighted by Gasteiger charge is 2.11. The van der Waals surface area contributed by atoms with Gasteiger partial charge in [0.15, 0.2) is 6.61 Å². The first-order chi connectivity index (χ1) is 8.17. The van der Waals surface area contributed by atoms with Crippen molar-refractivity contribution >= 4 is 5.91 Å². The molecule has 4 heteroatoms. The number of carbonyl (C=O) groups is 1. The summed E-state index contributed by atoms with van der Waals surface area (Å²) >= 11 is 0. The molecule has 4 nitrogen and oxygen atoms in total. The molecule has 1 amide bonds. The molecule has 0 saturated heterocycles. The minimum atomic E-state index is -0.172. The minimum absolute atomic E-state index is 0.0292. The number of benzene rings is 1. The molecular weight excluding hydrogens is 216 g/mol. The molecule has 1 aromatic carbocycles. The van der Waals surface area contributed by atoms with E-state index in [-0.39, 0.29) is 19.1 Å². The molecule has 0 aliphatic rings. The smallest absolute Gasteiger partial charge is 0.261 e. The summed E-state index contributed by atoms with van der Waals surface area (Å²) in [5, 5.41) is 8.55. The molecule has 0 bridgehead atoms. The Bertz CT molecular complexity index is 406. The summed E-state index contributed by atoms with van der Waals surface area (Å²) < 4.78 is 5.35. The van der Waals surface area contributed by atoms with Crippen LogP contribution in [0.3, 0.4) is 0 Å². The normalized spacial score (nSPS) is 9.47. The van der Waals surface area contributed by atoms with E-state index in [1.54, 1.807) is 0 Å². The molecule has 0 heterocycles. The average Bonchev–Trinajstić information content (AvgIpc) is 2.35.